The van der Waals surface area contributed by atoms with Crippen LogP contribution >= 0.6 is 0 Å². The zero-order valence-electron chi connectivity index (χ0n) is 15.7. The van der Waals surface area contributed by atoms with Gasteiger partial charge in [-0.15, -0.1) is 0 Å². The van der Waals surface area contributed by atoms with Gasteiger partial charge >= 0.3 is 0 Å². The molecule has 7 heteroatoms. The Morgan fingerprint density at radius 3 is 2.78 bits per heavy atom. The smallest absolute Gasteiger partial charge is 0.257 e. The average molecular weight is 369 g/mol. The lowest BCUT2D eigenvalue weighted by Crippen LogP contribution is -2.49. The molecule has 144 valence electrons. The van der Waals surface area contributed by atoms with Crippen molar-refractivity contribution in [3.8, 4) is 5.69 Å². The number of carbonyl (C=O) groups is 2. The third-order valence-electron chi connectivity index (χ3n) is 4.94. The van der Waals surface area contributed by atoms with Crippen molar-refractivity contribution in [2.75, 3.05) is 19.6 Å². The second-order valence-corrected chi connectivity index (χ2v) is 6.90. The highest BCUT2D eigenvalue weighted by molar-refractivity contribution is 5.95. The Hall–Kier alpha value is -2.67. The summed E-state index contributed by atoms with van der Waals surface area (Å²) in [5, 5.41) is 7.41. The molecular weight excluding hydrogens is 342 g/mol. The van der Waals surface area contributed by atoms with E-state index in [1.165, 1.54) is 0 Å². The van der Waals surface area contributed by atoms with Gasteiger partial charge in [0, 0.05) is 38.3 Å². The van der Waals surface area contributed by atoms with Crippen LogP contribution < -0.4 is 11.1 Å². The second-order valence-electron chi connectivity index (χ2n) is 6.90. The molecule has 1 aliphatic rings. The van der Waals surface area contributed by atoms with Crippen LogP contribution in [0.3, 0.4) is 0 Å². The summed E-state index contributed by atoms with van der Waals surface area (Å²) >= 11 is 0. The van der Waals surface area contributed by atoms with Crippen molar-refractivity contribution in [3.63, 3.8) is 0 Å². The first-order valence-electron chi connectivity index (χ1n) is 9.49. The molecule has 0 spiro atoms. The Morgan fingerprint density at radius 2 is 2.04 bits per heavy atom. The summed E-state index contributed by atoms with van der Waals surface area (Å²) in [4.78, 5) is 26.8. The van der Waals surface area contributed by atoms with Gasteiger partial charge in [-0.3, -0.25) is 9.59 Å². The normalized spacial score (nSPS) is 17.0. The molecule has 0 bridgehead atoms. The number of rotatable bonds is 6. The molecule has 27 heavy (non-hydrogen) atoms. The van der Waals surface area contributed by atoms with Gasteiger partial charge in [0.1, 0.15) is 0 Å². The number of amides is 2. The number of benzene rings is 1. The van der Waals surface area contributed by atoms with E-state index in [1.54, 1.807) is 10.9 Å². The lowest BCUT2D eigenvalue weighted by molar-refractivity contribution is -0.121. The van der Waals surface area contributed by atoms with E-state index in [0.29, 0.717) is 37.3 Å². The molecule has 0 saturated carbocycles. The van der Waals surface area contributed by atoms with Gasteiger partial charge in [-0.2, -0.15) is 5.10 Å². The maximum atomic E-state index is 13.2. The summed E-state index contributed by atoms with van der Waals surface area (Å²) in [6.45, 7) is 3.36. The zero-order chi connectivity index (χ0) is 19.2. The Kier molecular flexibility index (Phi) is 6.24. The van der Waals surface area contributed by atoms with E-state index in [4.69, 9.17) is 5.73 Å². The lowest BCUT2D eigenvalue weighted by Gasteiger charge is -2.35. The molecule has 3 rings (SSSR count). The number of piperidine rings is 1. The minimum Gasteiger partial charge on any atom is -0.354 e. The maximum Gasteiger partial charge on any atom is 0.257 e. The standard InChI is InChI=1S/C20H27N5O2/c1-15-18(14-25(23-15)16-7-3-2-4-8-16)20(27)24-12-6-5-9-17(24)13-22-19(26)10-11-21/h2-4,7-8,14,17H,5-6,9-13,21H2,1H3,(H,22,26). The molecule has 7 nitrogen and oxygen atoms in total. The second kappa shape index (κ2) is 8.81. The van der Waals surface area contributed by atoms with Crippen LogP contribution in [0.1, 0.15) is 41.7 Å². The number of hydrogen-bond acceptors (Lipinski definition) is 4. The van der Waals surface area contributed by atoms with Gasteiger partial charge in [-0.25, -0.2) is 4.68 Å². The quantitative estimate of drug-likeness (QED) is 0.809. The van der Waals surface area contributed by atoms with E-state index < -0.39 is 0 Å². The van der Waals surface area contributed by atoms with Gasteiger partial charge < -0.3 is 16.0 Å². The zero-order valence-corrected chi connectivity index (χ0v) is 15.7. The number of hydrogen-bond donors (Lipinski definition) is 2. The molecule has 1 saturated heterocycles. The molecule has 1 aliphatic heterocycles. The van der Waals surface area contributed by atoms with Gasteiger partial charge in [0.15, 0.2) is 0 Å². The van der Waals surface area contributed by atoms with E-state index in [1.807, 2.05) is 42.2 Å². The van der Waals surface area contributed by atoms with E-state index in [0.717, 1.165) is 24.9 Å². The monoisotopic (exact) mass is 369 g/mol. The fourth-order valence-electron chi connectivity index (χ4n) is 3.47. The van der Waals surface area contributed by atoms with Crippen molar-refractivity contribution >= 4 is 11.8 Å². The van der Waals surface area contributed by atoms with Crippen molar-refractivity contribution < 1.29 is 9.59 Å². The molecule has 2 heterocycles. The number of aromatic nitrogens is 2. The van der Waals surface area contributed by atoms with Crippen LogP contribution in [0, 0.1) is 6.92 Å². The van der Waals surface area contributed by atoms with E-state index in [-0.39, 0.29) is 17.9 Å². The van der Waals surface area contributed by atoms with Gasteiger partial charge in [0.05, 0.1) is 16.9 Å². The van der Waals surface area contributed by atoms with Crippen molar-refractivity contribution in [2.24, 2.45) is 5.73 Å². The van der Waals surface area contributed by atoms with Crippen molar-refractivity contribution in [1.82, 2.24) is 20.0 Å². The van der Waals surface area contributed by atoms with Gasteiger partial charge in [0.2, 0.25) is 5.91 Å². The highest BCUT2D eigenvalue weighted by atomic mass is 16.2. The molecular formula is C20H27N5O2. The molecule has 1 unspecified atom stereocenters. The first-order valence-corrected chi connectivity index (χ1v) is 9.49. The first-order chi connectivity index (χ1) is 13.1. The van der Waals surface area contributed by atoms with E-state index in [2.05, 4.69) is 10.4 Å². The summed E-state index contributed by atoms with van der Waals surface area (Å²) in [6.07, 6.45) is 5.03. The van der Waals surface area contributed by atoms with Crippen molar-refractivity contribution in [2.45, 2.75) is 38.6 Å². The number of nitrogens with zero attached hydrogens (tertiary/aromatic N) is 3. The molecule has 3 N–H and O–H groups in total. The van der Waals surface area contributed by atoms with Gasteiger partial charge in [-0.1, -0.05) is 18.2 Å². The summed E-state index contributed by atoms with van der Waals surface area (Å²) in [5.74, 6) is -0.0870. The van der Waals surface area contributed by atoms with Crippen LogP contribution in [0.2, 0.25) is 0 Å². The predicted octanol–water partition coefficient (Wildman–Crippen LogP) is 1.64. The number of nitrogens with one attached hydrogen (secondary N) is 1. The molecule has 1 aromatic heterocycles. The first kappa shape index (κ1) is 19.1. The summed E-state index contributed by atoms with van der Waals surface area (Å²) in [5.41, 5.74) is 7.66. The summed E-state index contributed by atoms with van der Waals surface area (Å²) < 4.78 is 1.74. The SMILES string of the molecule is Cc1nn(-c2ccccc2)cc1C(=O)N1CCCCC1CNC(=O)CCN. The minimum absolute atomic E-state index is 0.00690. The molecule has 0 radical (unpaired) electrons. The number of para-hydroxylation sites is 1. The Bertz CT molecular complexity index is 787. The number of carbonyl (C=O) groups excluding carboxylic acids is 2. The molecule has 0 aliphatic carbocycles. The van der Waals surface area contributed by atoms with Crippen LogP contribution in [0.25, 0.3) is 5.69 Å². The fraction of sp³-hybridized carbons (Fsp3) is 0.450. The van der Waals surface area contributed by atoms with E-state index >= 15 is 0 Å². The van der Waals surface area contributed by atoms with Crippen molar-refractivity contribution in [3.05, 3.63) is 47.8 Å². The summed E-state index contributed by atoms with van der Waals surface area (Å²) in [6, 6.07) is 9.75. The van der Waals surface area contributed by atoms with Gasteiger partial charge in [-0.05, 0) is 38.3 Å². The Morgan fingerprint density at radius 1 is 1.26 bits per heavy atom. The third-order valence-corrected chi connectivity index (χ3v) is 4.94. The Balaban J connectivity index is 1.75. The van der Waals surface area contributed by atoms with Crippen LogP contribution in [-0.4, -0.2) is 52.2 Å². The lowest BCUT2D eigenvalue weighted by atomic mass is 10.0. The largest absolute Gasteiger partial charge is 0.354 e. The predicted molar refractivity (Wildman–Crippen MR) is 104 cm³/mol. The number of likely N-dealkylation sites (tertiary alicyclic amines) is 1. The highest BCUT2D eigenvalue weighted by Gasteiger charge is 2.29. The molecule has 2 aromatic rings. The molecule has 2 amide bonds. The van der Waals surface area contributed by atoms with Crippen molar-refractivity contribution in [1.29, 1.82) is 0 Å². The topological polar surface area (TPSA) is 93.2 Å². The van der Waals surface area contributed by atoms with E-state index in [9.17, 15) is 9.59 Å². The van der Waals surface area contributed by atoms with Crippen LogP contribution in [0.4, 0.5) is 0 Å². The molecule has 1 fully saturated rings. The average Bonchev–Trinajstić information content (AvgIpc) is 3.09. The minimum atomic E-state index is -0.0662. The van der Waals surface area contributed by atoms with Crippen LogP contribution in [-0.2, 0) is 4.79 Å². The molecule has 1 atom stereocenters. The van der Waals surface area contributed by atoms with Crippen LogP contribution in [0.5, 0.6) is 0 Å². The summed E-state index contributed by atoms with van der Waals surface area (Å²) in [7, 11) is 0. The highest BCUT2D eigenvalue weighted by Crippen LogP contribution is 2.21. The maximum absolute atomic E-state index is 13.2. The third kappa shape index (κ3) is 4.54. The number of nitrogens with two attached hydrogens (primary N) is 1. The molecule has 1 aromatic carbocycles. The van der Waals surface area contributed by atoms with Crippen LogP contribution in [0.15, 0.2) is 36.5 Å². The Labute approximate surface area is 159 Å². The fourth-order valence-corrected chi connectivity index (χ4v) is 3.47. The van der Waals surface area contributed by atoms with Gasteiger partial charge in [0.25, 0.3) is 5.91 Å². The number of aryl methyl sites for hydroxylation is 1.